The number of carbonyl (C=O) groups is 2. The van der Waals surface area contributed by atoms with Gasteiger partial charge in [-0.25, -0.2) is 0 Å². The summed E-state index contributed by atoms with van der Waals surface area (Å²) in [5.74, 6) is -0.111. The van der Waals surface area contributed by atoms with E-state index in [9.17, 15) is 9.59 Å². The van der Waals surface area contributed by atoms with Crippen LogP contribution in [0.2, 0.25) is 0 Å². The highest BCUT2D eigenvalue weighted by molar-refractivity contribution is 7.14. The van der Waals surface area contributed by atoms with E-state index in [-0.39, 0.29) is 11.9 Å². The average Bonchev–Trinajstić information content (AvgIpc) is 2.92. The minimum Gasteiger partial charge on any atom is -0.469 e. The molecule has 5 heteroatoms. The van der Waals surface area contributed by atoms with Crippen LogP contribution < -0.4 is 5.32 Å². The number of ether oxygens (including phenoxy) is 1. The molecule has 1 aromatic heterocycles. The third-order valence-electron chi connectivity index (χ3n) is 4.29. The van der Waals surface area contributed by atoms with Crippen LogP contribution in [0.1, 0.15) is 71.5 Å². The van der Waals surface area contributed by atoms with E-state index >= 15 is 0 Å². The van der Waals surface area contributed by atoms with E-state index in [4.69, 9.17) is 0 Å². The van der Waals surface area contributed by atoms with Crippen molar-refractivity contribution in [2.75, 3.05) is 13.7 Å². The zero-order chi connectivity index (χ0) is 16.5. The van der Waals surface area contributed by atoms with Crippen LogP contribution in [0.15, 0.2) is 6.07 Å². The summed E-state index contributed by atoms with van der Waals surface area (Å²) in [5, 5.41) is 3.00. The topological polar surface area (TPSA) is 55.4 Å². The Labute approximate surface area is 142 Å². The summed E-state index contributed by atoms with van der Waals surface area (Å²) in [4.78, 5) is 25.5. The molecule has 0 bridgehead atoms. The molecule has 1 aliphatic carbocycles. The number of hydrogen-bond acceptors (Lipinski definition) is 4. The fourth-order valence-electron chi connectivity index (χ4n) is 2.92. The molecule has 0 aromatic carbocycles. The third kappa shape index (κ3) is 5.98. The van der Waals surface area contributed by atoms with E-state index in [1.54, 1.807) is 11.3 Å². The van der Waals surface area contributed by atoms with E-state index in [1.165, 1.54) is 43.2 Å². The highest BCUT2D eigenvalue weighted by Gasteiger charge is 2.15. The van der Waals surface area contributed by atoms with E-state index in [0.717, 1.165) is 37.0 Å². The first-order valence-corrected chi connectivity index (χ1v) is 9.49. The zero-order valence-electron chi connectivity index (χ0n) is 14.0. The number of hydrogen-bond donors (Lipinski definition) is 1. The Morgan fingerprint density at radius 3 is 2.70 bits per heavy atom. The Kier molecular flexibility index (Phi) is 7.59. The van der Waals surface area contributed by atoms with Crippen LogP contribution in [-0.2, 0) is 22.4 Å². The maximum absolute atomic E-state index is 12.2. The molecule has 2 rings (SSSR count). The number of nitrogens with one attached hydrogen (secondary N) is 1. The minimum absolute atomic E-state index is 0.0507. The maximum atomic E-state index is 12.2. The van der Waals surface area contributed by atoms with Gasteiger partial charge in [0.1, 0.15) is 0 Å². The Hall–Kier alpha value is -1.36. The van der Waals surface area contributed by atoms with Gasteiger partial charge in [-0.2, -0.15) is 0 Å². The minimum atomic E-state index is -0.162. The Bertz CT molecular complexity index is 499. The van der Waals surface area contributed by atoms with Gasteiger partial charge in [0, 0.05) is 17.8 Å². The molecule has 0 aliphatic heterocycles. The predicted molar refractivity (Wildman–Crippen MR) is 93.0 cm³/mol. The van der Waals surface area contributed by atoms with Crippen LogP contribution in [0, 0.1) is 0 Å². The summed E-state index contributed by atoms with van der Waals surface area (Å²) in [5.41, 5.74) is 1.39. The summed E-state index contributed by atoms with van der Waals surface area (Å²) in [6.07, 6.45) is 10.4. The van der Waals surface area contributed by atoms with Gasteiger partial charge < -0.3 is 10.1 Å². The van der Waals surface area contributed by atoms with Gasteiger partial charge in [-0.15, -0.1) is 11.3 Å². The molecule has 1 aliphatic rings. The van der Waals surface area contributed by atoms with Gasteiger partial charge in [-0.3, -0.25) is 9.59 Å². The lowest BCUT2D eigenvalue weighted by Crippen LogP contribution is -2.23. The predicted octanol–water partition coefficient (Wildman–Crippen LogP) is 3.87. The molecule has 1 aromatic rings. The van der Waals surface area contributed by atoms with Crippen LogP contribution in [0.3, 0.4) is 0 Å². The van der Waals surface area contributed by atoms with Crippen molar-refractivity contribution in [1.82, 2.24) is 5.32 Å². The summed E-state index contributed by atoms with van der Waals surface area (Å²) in [7, 11) is 1.41. The summed E-state index contributed by atoms with van der Waals surface area (Å²) in [6, 6.07) is 2.10. The Morgan fingerprint density at radius 1 is 1.13 bits per heavy atom. The Balaban J connectivity index is 1.71. The van der Waals surface area contributed by atoms with E-state index in [2.05, 4.69) is 16.1 Å². The van der Waals surface area contributed by atoms with Crippen molar-refractivity contribution in [3.63, 3.8) is 0 Å². The maximum Gasteiger partial charge on any atom is 0.305 e. The molecule has 0 spiro atoms. The van der Waals surface area contributed by atoms with Gasteiger partial charge >= 0.3 is 5.97 Å². The summed E-state index contributed by atoms with van der Waals surface area (Å²) in [6.45, 7) is 0.669. The molecular formula is C18H27NO3S. The van der Waals surface area contributed by atoms with E-state index < -0.39 is 0 Å². The number of rotatable bonds is 7. The van der Waals surface area contributed by atoms with Crippen molar-refractivity contribution in [2.45, 2.75) is 64.2 Å². The van der Waals surface area contributed by atoms with Crippen molar-refractivity contribution in [3.05, 3.63) is 21.4 Å². The standard InChI is InChI=1S/C18H27NO3S/c1-22-17(20)11-7-4-8-12-19-18(21)16-13-14-9-5-2-3-6-10-15(14)23-16/h13H,2-12H2,1H3,(H,19,21). The lowest BCUT2D eigenvalue weighted by Gasteiger charge is -2.07. The van der Waals surface area contributed by atoms with Crippen LogP contribution in [0.5, 0.6) is 0 Å². The number of methoxy groups -OCH3 is 1. The quantitative estimate of drug-likeness (QED) is 0.607. The van der Waals surface area contributed by atoms with Crippen molar-refractivity contribution < 1.29 is 14.3 Å². The third-order valence-corrected chi connectivity index (χ3v) is 5.53. The van der Waals surface area contributed by atoms with Gasteiger partial charge in [0.25, 0.3) is 5.91 Å². The fraction of sp³-hybridized carbons (Fsp3) is 0.667. The molecule has 0 unspecified atom stereocenters. The van der Waals surface area contributed by atoms with Gasteiger partial charge in [0.05, 0.1) is 12.0 Å². The highest BCUT2D eigenvalue weighted by Crippen LogP contribution is 2.28. The molecule has 1 N–H and O–H groups in total. The van der Waals surface area contributed by atoms with Crippen LogP contribution in [0.25, 0.3) is 0 Å². The molecule has 1 heterocycles. The first kappa shape index (κ1) is 18.0. The number of amides is 1. The number of fused-ring (bicyclic) bond motifs is 1. The number of aryl methyl sites for hydroxylation is 2. The second-order valence-corrected chi connectivity index (χ2v) is 7.25. The number of esters is 1. The molecule has 4 nitrogen and oxygen atoms in total. The van der Waals surface area contributed by atoms with Gasteiger partial charge in [0.15, 0.2) is 0 Å². The van der Waals surface area contributed by atoms with E-state index in [1.807, 2.05) is 0 Å². The normalized spacial score (nSPS) is 14.5. The van der Waals surface area contributed by atoms with Crippen molar-refractivity contribution in [1.29, 1.82) is 0 Å². The van der Waals surface area contributed by atoms with Crippen molar-refractivity contribution in [2.24, 2.45) is 0 Å². The molecule has 0 saturated heterocycles. The smallest absolute Gasteiger partial charge is 0.305 e. The molecule has 23 heavy (non-hydrogen) atoms. The first-order valence-electron chi connectivity index (χ1n) is 8.67. The average molecular weight is 337 g/mol. The number of thiophene rings is 1. The van der Waals surface area contributed by atoms with Crippen LogP contribution in [0.4, 0.5) is 0 Å². The van der Waals surface area contributed by atoms with Crippen LogP contribution in [-0.4, -0.2) is 25.5 Å². The molecule has 0 fully saturated rings. The highest BCUT2D eigenvalue weighted by atomic mass is 32.1. The van der Waals surface area contributed by atoms with Gasteiger partial charge in [-0.1, -0.05) is 19.3 Å². The van der Waals surface area contributed by atoms with E-state index in [0.29, 0.717) is 13.0 Å². The van der Waals surface area contributed by atoms with Gasteiger partial charge in [0.2, 0.25) is 0 Å². The number of unbranched alkanes of at least 4 members (excludes halogenated alkanes) is 2. The second kappa shape index (κ2) is 9.71. The largest absolute Gasteiger partial charge is 0.469 e. The fourth-order valence-corrected chi connectivity index (χ4v) is 4.09. The SMILES string of the molecule is COC(=O)CCCCCNC(=O)c1cc2c(s1)CCCCCC2. The lowest BCUT2D eigenvalue weighted by atomic mass is 10.00. The molecule has 0 atom stereocenters. The molecule has 128 valence electrons. The zero-order valence-corrected chi connectivity index (χ0v) is 14.8. The molecular weight excluding hydrogens is 310 g/mol. The lowest BCUT2D eigenvalue weighted by molar-refractivity contribution is -0.140. The second-order valence-electron chi connectivity index (χ2n) is 6.12. The first-order chi connectivity index (χ1) is 11.2. The molecule has 0 saturated carbocycles. The molecule has 1 amide bonds. The molecule has 0 radical (unpaired) electrons. The summed E-state index contributed by atoms with van der Waals surface area (Å²) >= 11 is 1.67. The van der Waals surface area contributed by atoms with Gasteiger partial charge in [-0.05, 0) is 50.2 Å². The summed E-state index contributed by atoms with van der Waals surface area (Å²) < 4.78 is 4.60. The van der Waals surface area contributed by atoms with Crippen molar-refractivity contribution in [3.8, 4) is 0 Å². The Morgan fingerprint density at radius 2 is 1.91 bits per heavy atom. The van der Waals surface area contributed by atoms with Crippen molar-refractivity contribution >= 4 is 23.2 Å². The van der Waals surface area contributed by atoms with Crippen LogP contribution >= 0.6 is 11.3 Å². The monoisotopic (exact) mass is 337 g/mol. The number of carbonyl (C=O) groups excluding carboxylic acids is 2.